The Kier molecular flexibility index (Phi) is 5.22. The molecule has 1 atom stereocenters. The number of thioether (sulfide) groups is 1. The van der Waals surface area contributed by atoms with E-state index in [-0.39, 0.29) is 18.0 Å². The van der Waals surface area contributed by atoms with Gasteiger partial charge in [0, 0.05) is 12.6 Å². The lowest BCUT2D eigenvalue weighted by atomic mass is 10.1. The van der Waals surface area contributed by atoms with Gasteiger partial charge in [0.1, 0.15) is 10.1 Å². The third-order valence-electron chi connectivity index (χ3n) is 4.65. The molecule has 0 radical (unpaired) electrons. The number of amides is 1. The average Bonchev–Trinajstić information content (AvgIpc) is 3.24. The molecule has 2 aliphatic rings. The molecule has 27 heavy (non-hydrogen) atoms. The molecule has 0 aromatic heterocycles. The van der Waals surface area contributed by atoms with Gasteiger partial charge in [0.05, 0.1) is 12.4 Å². The molecule has 0 bridgehead atoms. The van der Waals surface area contributed by atoms with Crippen molar-refractivity contribution < 1.29 is 19.0 Å². The van der Waals surface area contributed by atoms with Crippen LogP contribution in [0, 0.1) is 0 Å². The highest BCUT2D eigenvalue weighted by Gasteiger charge is 2.37. The monoisotopic (exact) mass is 401 g/mol. The summed E-state index contributed by atoms with van der Waals surface area (Å²) >= 11 is 6.90. The number of methoxy groups -OCH3 is 1. The second-order valence-electron chi connectivity index (χ2n) is 6.32. The number of benzene rings is 2. The zero-order chi connectivity index (χ0) is 18.8. The molecule has 0 saturated carbocycles. The average molecular weight is 402 g/mol. The second kappa shape index (κ2) is 7.78. The van der Waals surface area contributed by atoms with Crippen LogP contribution in [0.3, 0.4) is 0 Å². The number of nitrogens with zero attached hydrogens (tertiary/aromatic N) is 1. The van der Waals surface area contributed by atoms with Crippen molar-refractivity contribution in [3.63, 3.8) is 0 Å². The van der Waals surface area contributed by atoms with Gasteiger partial charge in [-0.3, -0.25) is 9.69 Å². The molecule has 1 amide bonds. The van der Waals surface area contributed by atoms with Crippen molar-refractivity contribution in [2.45, 2.75) is 18.1 Å². The maximum Gasteiger partial charge on any atom is 0.241 e. The van der Waals surface area contributed by atoms with Crippen LogP contribution >= 0.6 is 24.0 Å². The van der Waals surface area contributed by atoms with E-state index in [9.17, 15) is 4.79 Å². The minimum Gasteiger partial charge on any atom is -0.496 e. The first-order valence-corrected chi connectivity index (χ1v) is 9.97. The van der Waals surface area contributed by atoms with Gasteiger partial charge in [-0.15, -0.1) is 0 Å². The zero-order valence-electron chi connectivity index (χ0n) is 14.8. The van der Waals surface area contributed by atoms with Crippen molar-refractivity contribution in [1.82, 2.24) is 4.90 Å². The summed E-state index contributed by atoms with van der Waals surface area (Å²) < 4.78 is 17.0. The van der Waals surface area contributed by atoms with Crippen molar-refractivity contribution in [3.05, 3.63) is 53.6 Å². The van der Waals surface area contributed by atoms with Crippen LogP contribution < -0.4 is 14.2 Å². The van der Waals surface area contributed by atoms with E-state index in [4.69, 9.17) is 26.4 Å². The van der Waals surface area contributed by atoms with E-state index in [2.05, 4.69) is 12.1 Å². The Morgan fingerprint density at radius 2 is 1.96 bits per heavy atom. The molecule has 1 saturated heterocycles. The van der Waals surface area contributed by atoms with E-state index >= 15 is 0 Å². The van der Waals surface area contributed by atoms with Crippen molar-refractivity contribution in [3.8, 4) is 17.2 Å². The van der Waals surface area contributed by atoms with Gasteiger partial charge >= 0.3 is 0 Å². The first-order chi connectivity index (χ1) is 13.2. The number of rotatable bonds is 6. The summed E-state index contributed by atoms with van der Waals surface area (Å²) in [4.78, 5) is 14.6. The Morgan fingerprint density at radius 1 is 1.22 bits per heavy atom. The first-order valence-electron chi connectivity index (χ1n) is 8.68. The predicted octanol–water partition coefficient (Wildman–Crippen LogP) is 3.44. The molecule has 5 nitrogen and oxygen atoms in total. The molecule has 0 N–H and O–H groups in total. The topological polar surface area (TPSA) is 48.0 Å². The first kappa shape index (κ1) is 18.1. The highest BCUT2D eigenvalue weighted by molar-refractivity contribution is 8.24. The van der Waals surface area contributed by atoms with E-state index in [0.717, 1.165) is 12.0 Å². The molecule has 2 aliphatic heterocycles. The predicted molar refractivity (Wildman–Crippen MR) is 109 cm³/mol. The lowest BCUT2D eigenvalue weighted by molar-refractivity contribution is -0.126. The van der Waals surface area contributed by atoms with E-state index in [1.165, 1.54) is 17.3 Å². The Hall–Kier alpha value is -2.25. The fraction of sp³-hybridized carbons (Fsp3) is 0.300. The highest BCUT2D eigenvalue weighted by atomic mass is 32.2. The molecule has 0 spiro atoms. The fourth-order valence-corrected chi connectivity index (χ4v) is 4.80. The fourth-order valence-electron chi connectivity index (χ4n) is 3.23. The van der Waals surface area contributed by atoms with E-state index in [1.807, 2.05) is 30.3 Å². The van der Waals surface area contributed by atoms with Crippen LogP contribution in [-0.4, -0.2) is 40.8 Å². The molecular formula is C20H19NO4S2. The van der Waals surface area contributed by atoms with Crippen LogP contribution in [0.25, 0.3) is 0 Å². The van der Waals surface area contributed by atoms with Crippen LogP contribution in [0.4, 0.5) is 0 Å². The third kappa shape index (κ3) is 3.75. The van der Waals surface area contributed by atoms with Crippen LogP contribution in [0.1, 0.15) is 11.1 Å². The smallest absolute Gasteiger partial charge is 0.241 e. The van der Waals surface area contributed by atoms with Crippen LogP contribution in [0.2, 0.25) is 0 Å². The number of thiocarbonyl (C=S) groups is 1. The normalized spacial score (nSPS) is 18.3. The molecule has 2 aromatic carbocycles. The molecule has 4 rings (SSSR count). The summed E-state index contributed by atoms with van der Waals surface area (Å²) in [6, 6.07) is 13.8. The number of ether oxygens (including phenoxy) is 3. The minimum absolute atomic E-state index is 0.0562. The van der Waals surface area contributed by atoms with Gasteiger partial charge in [-0.1, -0.05) is 54.3 Å². The van der Waals surface area contributed by atoms with E-state index in [0.29, 0.717) is 34.5 Å². The summed E-state index contributed by atoms with van der Waals surface area (Å²) in [6.07, 6.45) is 1.32. The molecule has 1 fully saturated rings. The quantitative estimate of drug-likeness (QED) is 0.691. The van der Waals surface area contributed by atoms with Gasteiger partial charge in [-0.05, 0) is 30.0 Å². The Morgan fingerprint density at radius 3 is 2.70 bits per heavy atom. The Balaban J connectivity index is 1.46. The Bertz CT molecular complexity index is 872. The van der Waals surface area contributed by atoms with E-state index in [1.54, 1.807) is 12.0 Å². The maximum atomic E-state index is 12.9. The highest BCUT2D eigenvalue weighted by Crippen LogP contribution is 2.40. The molecule has 2 aromatic rings. The van der Waals surface area contributed by atoms with Gasteiger partial charge in [-0.2, -0.15) is 0 Å². The largest absolute Gasteiger partial charge is 0.496 e. The number of hydrogen-bond acceptors (Lipinski definition) is 6. The molecule has 2 heterocycles. The zero-order valence-corrected chi connectivity index (χ0v) is 16.5. The minimum atomic E-state index is -0.248. The lowest BCUT2D eigenvalue weighted by Crippen LogP contribution is -2.33. The van der Waals surface area contributed by atoms with Crippen LogP contribution in [-0.2, 0) is 17.6 Å². The van der Waals surface area contributed by atoms with Gasteiger partial charge < -0.3 is 14.2 Å². The molecule has 7 heteroatoms. The third-order valence-corrected chi connectivity index (χ3v) is 6.24. The van der Waals surface area contributed by atoms with Gasteiger partial charge in [-0.25, -0.2) is 0 Å². The summed E-state index contributed by atoms with van der Waals surface area (Å²) in [5.41, 5.74) is 2.11. The number of fused-ring (bicyclic) bond motifs is 1. The van der Waals surface area contributed by atoms with Gasteiger partial charge in [0.15, 0.2) is 11.5 Å². The molecule has 140 valence electrons. The molecule has 0 aliphatic carbocycles. The molecular weight excluding hydrogens is 382 g/mol. The molecule has 0 unspecified atom stereocenters. The summed E-state index contributed by atoms with van der Waals surface area (Å²) in [5.74, 6) is 2.10. The Labute approximate surface area is 167 Å². The van der Waals surface area contributed by atoms with Crippen LogP contribution in [0.15, 0.2) is 42.5 Å². The van der Waals surface area contributed by atoms with Crippen molar-refractivity contribution >= 4 is 34.2 Å². The lowest BCUT2D eigenvalue weighted by Gasteiger charge is -2.16. The summed E-state index contributed by atoms with van der Waals surface area (Å²) in [6.45, 7) is 0.805. The summed E-state index contributed by atoms with van der Waals surface area (Å²) in [5, 5.41) is -0.248. The van der Waals surface area contributed by atoms with Gasteiger partial charge in [0.2, 0.25) is 12.7 Å². The number of carbonyl (C=O) groups excluding carboxylic acids is 1. The van der Waals surface area contributed by atoms with Crippen LogP contribution in [0.5, 0.6) is 17.2 Å². The summed E-state index contributed by atoms with van der Waals surface area (Å²) in [7, 11) is 1.61. The van der Waals surface area contributed by atoms with Crippen molar-refractivity contribution in [1.29, 1.82) is 0 Å². The second-order valence-corrected chi connectivity index (χ2v) is 8.16. The number of carbonyl (C=O) groups is 1. The van der Waals surface area contributed by atoms with E-state index < -0.39 is 0 Å². The van der Waals surface area contributed by atoms with Crippen molar-refractivity contribution in [2.24, 2.45) is 0 Å². The SMILES string of the molecule is COc1cc2c(cc1C[C@@H]1SC(=S)N(CCc3ccccc3)C1=O)OCO2. The van der Waals surface area contributed by atoms with Crippen molar-refractivity contribution in [2.75, 3.05) is 20.4 Å². The maximum absolute atomic E-state index is 12.9. The van der Waals surface area contributed by atoms with Gasteiger partial charge in [0.25, 0.3) is 0 Å². The standard InChI is InChI=1S/C20H19NO4S2/c1-23-15-11-17-16(24-12-25-17)9-14(15)10-18-19(22)21(20(26)27-18)8-7-13-5-3-2-4-6-13/h2-6,9,11,18H,7-8,10,12H2,1H3/t18-/m0/s1. The number of hydrogen-bond donors (Lipinski definition) is 0.